The molecule has 0 aliphatic carbocycles. The minimum absolute atomic E-state index is 0. The SMILES string of the molecule is CCCCCCCCCCCc1ccc(Oc2ccccc2S(=O)(=O)O)cc1[O-].[K+]. The van der Waals surface area contributed by atoms with Crippen LogP contribution >= 0.6 is 0 Å². The Morgan fingerprint density at radius 1 is 0.900 bits per heavy atom. The maximum atomic E-state index is 12.3. The predicted octanol–water partition coefficient (Wildman–Crippen LogP) is 2.88. The van der Waals surface area contributed by atoms with Gasteiger partial charge in [0, 0.05) is 0 Å². The van der Waals surface area contributed by atoms with E-state index in [4.69, 9.17) is 4.74 Å². The molecule has 0 spiro atoms. The van der Waals surface area contributed by atoms with E-state index in [0.29, 0.717) is 0 Å². The summed E-state index contributed by atoms with van der Waals surface area (Å²) in [5.41, 5.74) is 0.739. The smallest absolute Gasteiger partial charge is 0.872 e. The van der Waals surface area contributed by atoms with Crippen LogP contribution in [0.5, 0.6) is 17.2 Å². The standard InChI is InChI=1S/C23H32O5S.K/c1-2-3-4-5-6-7-8-9-10-13-19-16-17-20(18-21(19)24)28-22-14-11-12-15-23(22)29(25,26)27;/h11-12,14-18,24H,2-10,13H2,1H3,(H,25,26,27);/q;+1/p-1. The molecule has 2 rings (SSSR count). The number of para-hydroxylation sites is 1. The molecule has 0 bridgehead atoms. The minimum Gasteiger partial charge on any atom is -0.872 e. The zero-order valence-electron chi connectivity index (χ0n) is 18.1. The third-order valence-electron chi connectivity index (χ3n) is 4.94. The van der Waals surface area contributed by atoms with E-state index in [1.54, 1.807) is 18.2 Å². The number of unbranched alkanes of at least 4 members (excludes halogenated alkanes) is 8. The van der Waals surface area contributed by atoms with E-state index < -0.39 is 10.1 Å². The largest absolute Gasteiger partial charge is 1.00 e. The first-order chi connectivity index (χ1) is 13.9. The van der Waals surface area contributed by atoms with Crippen LogP contribution in [-0.2, 0) is 16.5 Å². The Kier molecular flexibility index (Phi) is 13.5. The van der Waals surface area contributed by atoms with Gasteiger partial charge in [0.05, 0.1) is 0 Å². The first-order valence-corrected chi connectivity index (χ1v) is 11.9. The van der Waals surface area contributed by atoms with Gasteiger partial charge in [-0.3, -0.25) is 4.55 Å². The molecule has 0 aliphatic rings. The number of aryl methyl sites for hydroxylation is 1. The molecule has 2 aromatic carbocycles. The Morgan fingerprint density at radius 3 is 2.10 bits per heavy atom. The molecule has 1 N–H and O–H groups in total. The molecule has 0 unspecified atom stereocenters. The first kappa shape index (κ1) is 27.6. The third-order valence-corrected chi connectivity index (χ3v) is 5.84. The summed E-state index contributed by atoms with van der Waals surface area (Å²) in [7, 11) is -4.40. The summed E-state index contributed by atoms with van der Waals surface area (Å²) in [6.45, 7) is 2.22. The van der Waals surface area contributed by atoms with Gasteiger partial charge in [0.1, 0.15) is 16.4 Å². The van der Waals surface area contributed by atoms with Gasteiger partial charge >= 0.3 is 51.4 Å². The van der Waals surface area contributed by atoms with Crippen molar-refractivity contribution in [2.45, 2.75) is 76.0 Å². The number of benzene rings is 2. The molecule has 5 nitrogen and oxygen atoms in total. The van der Waals surface area contributed by atoms with Crippen molar-refractivity contribution < 1.29 is 74.2 Å². The van der Waals surface area contributed by atoms with Crippen molar-refractivity contribution in [1.82, 2.24) is 0 Å². The van der Waals surface area contributed by atoms with Crippen LogP contribution in [0, 0.1) is 0 Å². The molecule has 0 radical (unpaired) electrons. The Morgan fingerprint density at radius 2 is 1.50 bits per heavy atom. The van der Waals surface area contributed by atoms with E-state index in [1.165, 1.54) is 69.2 Å². The second kappa shape index (κ2) is 14.6. The quantitative estimate of drug-likeness (QED) is 0.283. The van der Waals surface area contributed by atoms with Gasteiger partial charge in [-0.05, 0) is 37.1 Å². The third kappa shape index (κ3) is 9.81. The van der Waals surface area contributed by atoms with E-state index in [9.17, 15) is 18.1 Å². The zero-order chi connectivity index (χ0) is 21.1. The maximum absolute atomic E-state index is 12.3. The Labute approximate surface area is 223 Å². The Hall–Kier alpha value is -0.414. The van der Waals surface area contributed by atoms with E-state index >= 15 is 0 Å². The van der Waals surface area contributed by atoms with Crippen molar-refractivity contribution in [2.75, 3.05) is 0 Å². The normalized spacial score (nSPS) is 11.1. The summed E-state index contributed by atoms with van der Waals surface area (Å²) >= 11 is 0. The van der Waals surface area contributed by atoms with Gasteiger partial charge in [0.25, 0.3) is 10.1 Å². The van der Waals surface area contributed by atoms with Crippen molar-refractivity contribution >= 4 is 10.1 Å². The zero-order valence-corrected chi connectivity index (χ0v) is 22.0. The van der Waals surface area contributed by atoms with Crippen LogP contribution in [-0.4, -0.2) is 13.0 Å². The van der Waals surface area contributed by atoms with E-state index in [-0.39, 0.29) is 73.5 Å². The first-order valence-electron chi connectivity index (χ1n) is 10.5. The molecule has 0 aliphatic heterocycles. The molecule has 0 fully saturated rings. The second-order valence-corrected chi connectivity index (χ2v) is 8.76. The van der Waals surface area contributed by atoms with Crippen LogP contribution in [0.3, 0.4) is 0 Å². The van der Waals surface area contributed by atoms with Gasteiger partial charge in [-0.1, -0.05) is 82.1 Å². The van der Waals surface area contributed by atoms with Gasteiger partial charge in [0.15, 0.2) is 0 Å². The van der Waals surface area contributed by atoms with Crippen molar-refractivity contribution in [3.63, 3.8) is 0 Å². The molecule has 0 heterocycles. The molecule has 160 valence electrons. The van der Waals surface area contributed by atoms with Gasteiger partial charge in [-0.2, -0.15) is 8.42 Å². The van der Waals surface area contributed by atoms with Crippen molar-refractivity contribution in [3.8, 4) is 17.2 Å². The number of hydrogen-bond acceptors (Lipinski definition) is 4. The monoisotopic (exact) mass is 458 g/mol. The van der Waals surface area contributed by atoms with Crippen LogP contribution < -0.4 is 61.2 Å². The van der Waals surface area contributed by atoms with Gasteiger partial charge in [-0.15, -0.1) is 5.75 Å². The van der Waals surface area contributed by atoms with Crippen LogP contribution in [0.2, 0.25) is 0 Å². The van der Waals surface area contributed by atoms with Gasteiger partial charge in [-0.25, -0.2) is 0 Å². The summed E-state index contributed by atoms with van der Waals surface area (Å²) in [5, 5.41) is 12.3. The summed E-state index contributed by atoms with van der Waals surface area (Å²) in [5.74, 6) is 0.120. The average Bonchev–Trinajstić information content (AvgIpc) is 2.68. The van der Waals surface area contributed by atoms with Crippen LogP contribution in [0.25, 0.3) is 0 Å². The molecule has 0 saturated carbocycles. The van der Waals surface area contributed by atoms with Crippen molar-refractivity contribution in [3.05, 3.63) is 48.0 Å². The Balaban J connectivity index is 0.00000450. The van der Waals surface area contributed by atoms with Gasteiger partial charge < -0.3 is 9.84 Å². The second-order valence-electron chi connectivity index (χ2n) is 7.37. The molecule has 7 heteroatoms. The molecule has 0 aromatic heterocycles. The number of ether oxygens (including phenoxy) is 1. The number of hydrogen-bond donors (Lipinski definition) is 1. The fraction of sp³-hybridized carbons (Fsp3) is 0.478. The summed E-state index contributed by atoms with van der Waals surface area (Å²) in [4.78, 5) is -0.328. The maximum Gasteiger partial charge on any atom is 1.00 e. The van der Waals surface area contributed by atoms with Gasteiger partial charge in [0.2, 0.25) is 0 Å². The molecule has 30 heavy (non-hydrogen) atoms. The molecule has 0 saturated heterocycles. The van der Waals surface area contributed by atoms with E-state index in [0.717, 1.165) is 24.8 Å². The fourth-order valence-electron chi connectivity index (χ4n) is 3.31. The van der Waals surface area contributed by atoms with E-state index in [1.807, 2.05) is 0 Å². The summed E-state index contributed by atoms with van der Waals surface area (Å²) in [6.07, 6.45) is 11.8. The molecule has 0 atom stereocenters. The molecular weight excluding hydrogens is 427 g/mol. The van der Waals surface area contributed by atoms with Crippen LogP contribution in [0.1, 0.15) is 70.3 Å². The fourth-order valence-corrected chi connectivity index (χ4v) is 3.92. The molecule has 0 amide bonds. The minimum atomic E-state index is -4.40. The summed E-state index contributed by atoms with van der Waals surface area (Å²) < 4.78 is 37.7. The average molecular weight is 459 g/mol. The van der Waals surface area contributed by atoms with Crippen molar-refractivity contribution in [2.24, 2.45) is 0 Å². The molecular formula is C23H31KO5S. The predicted molar refractivity (Wildman–Crippen MR) is 113 cm³/mol. The van der Waals surface area contributed by atoms with Crippen molar-refractivity contribution in [1.29, 1.82) is 0 Å². The summed E-state index contributed by atoms with van der Waals surface area (Å²) in [6, 6.07) is 10.5. The van der Waals surface area contributed by atoms with Crippen LogP contribution in [0.15, 0.2) is 47.4 Å². The topological polar surface area (TPSA) is 86.7 Å². The molecule has 2 aromatic rings. The van der Waals surface area contributed by atoms with E-state index in [2.05, 4.69) is 6.92 Å². The number of rotatable bonds is 13. The van der Waals surface area contributed by atoms with Crippen LogP contribution in [0.4, 0.5) is 0 Å². The Bertz CT molecular complexity index is 868.